The molecule has 0 unspecified atom stereocenters. The van der Waals surface area contributed by atoms with Gasteiger partial charge in [0.1, 0.15) is 0 Å². The lowest BCUT2D eigenvalue weighted by atomic mass is 9.91. The van der Waals surface area contributed by atoms with E-state index in [2.05, 4.69) is 4.90 Å². The second-order valence-corrected chi connectivity index (χ2v) is 6.62. The number of sulfone groups is 1. The van der Waals surface area contributed by atoms with Gasteiger partial charge in [0.05, 0.1) is 5.75 Å². The maximum Gasteiger partial charge on any atom is 0.151 e. The predicted molar refractivity (Wildman–Crippen MR) is 62.6 cm³/mol. The van der Waals surface area contributed by atoms with E-state index >= 15 is 0 Å². The first-order valence-corrected chi connectivity index (χ1v) is 7.55. The molecule has 1 fully saturated rings. The monoisotopic (exact) mass is 234 g/mol. The van der Waals surface area contributed by atoms with Gasteiger partial charge in [0.25, 0.3) is 0 Å². The Hall–Kier alpha value is -0.130. The highest BCUT2D eigenvalue weighted by Crippen LogP contribution is 2.24. The summed E-state index contributed by atoms with van der Waals surface area (Å²) in [6.07, 6.45) is 3.67. The second kappa shape index (κ2) is 5.82. The highest BCUT2D eigenvalue weighted by atomic mass is 32.2. The van der Waals surface area contributed by atoms with E-state index in [4.69, 9.17) is 5.73 Å². The third kappa shape index (κ3) is 4.09. The summed E-state index contributed by atoms with van der Waals surface area (Å²) >= 11 is 0. The molecule has 0 aliphatic heterocycles. The highest BCUT2D eigenvalue weighted by molar-refractivity contribution is 7.91. The fourth-order valence-electron chi connectivity index (χ4n) is 1.80. The number of nitrogens with zero attached hydrogens (tertiary/aromatic N) is 1. The van der Waals surface area contributed by atoms with Crippen molar-refractivity contribution in [1.29, 1.82) is 0 Å². The molecule has 0 amide bonds. The van der Waals surface area contributed by atoms with Crippen LogP contribution in [0.5, 0.6) is 0 Å². The average molecular weight is 234 g/mol. The molecular formula is C10H22N2O2S. The molecule has 0 atom stereocenters. The van der Waals surface area contributed by atoms with Crippen LogP contribution in [0, 0.1) is 0 Å². The van der Waals surface area contributed by atoms with Gasteiger partial charge in [-0.2, -0.15) is 0 Å². The van der Waals surface area contributed by atoms with Crippen molar-refractivity contribution in [2.75, 3.05) is 31.1 Å². The Morgan fingerprint density at radius 3 is 2.40 bits per heavy atom. The molecule has 0 aromatic rings. The van der Waals surface area contributed by atoms with Crippen molar-refractivity contribution in [3.63, 3.8) is 0 Å². The maximum atomic E-state index is 11.4. The van der Waals surface area contributed by atoms with Crippen LogP contribution in [0.15, 0.2) is 0 Å². The molecular weight excluding hydrogens is 212 g/mol. The van der Waals surface area contributed by atoms with Crippen molar-refractivity contribution >= 4 is 9.84 Å². The molecule has 5 heteroatoms. The van der Waals surface area contributed by atoms with Crippen LogP contribution in [0.4, 0.5) is 0 Å². The van der Waals surface area contributed by atoms with Gasteiger partial charge < -0.3 is 5.73 Å². The first-order chi connectivity index (χ1) is 7.09. The van der Waals surface area contributed by atoms with Crippen LogP contribution in [0.2, 0.25) is 0 Å². The molecule has 0 aromatic carbocycles. The first kappa shape index (κ1) is 12.9. The van der Waals surface area contributed by atoms with E-state index < -0.39 is 9.84 Å². The number of rotatable bonds is 7. The number of nitrogens with two attached hydrogens (primary N) is 1. The molecule has 2 N–H and O–H groups in total. The molecule has 0 heterocycles. The van der Waals surface area contributed by atoms with Crippen LogP contribution in [-0.2, 0) is 9.84 Å². The molecule has 0 radical (unpaired) electrons. The summed E-state index contributed by atoms with van der Waals surface area (Å²) in [6.45, 7) is 3.79. The van der Waals surface area contributed by atoms with Gasteiger partial charge in [-0.25, -0.2) is 8.42 Å². The largest absolute Gasteiger partial charge is 0.329 e. The van der Waals surface area contributed by atoms with Crippen molar-refractivity contribution in [3.05, 3.63) is 0 Å². The average Bonchev–Trinajstić information content (AvgIpc) is 2.12. The van der Waals surface area contributed by atoms with Gasteiger partial charge in [-0.05, 0) is 12.8 Å². The molecule has 4 nitrogen and oxygen atoms in total. The smallest absolute Gasteiger partial charge is 0.151 e. The molecule has 1 aliphatic carbocycles. The Morgan fingerprint density at radius 1 is 1.33 bits per heavy atom. The van der Waals surface area contributed by atoms with Gasteiger partial charge in [-0.3, -0.25) is 4.90 Å². The molecule has 0 aromatic heterocycles. The Balaban J connectivity index is 2.37. The summed E-state index contributed by atoms with van der Waals surface area (Å²) in [4.78, 5) is 2.23. The standard InChI is InChI=1S/C10H22N2O2S/c1-2-15(13,14)9-8-12(7-6-11)10-4-3-5-10/h10H,2-9,11H2,1H3. The van der Waals surface area contributed by atoms with E-state index in [-0.39, 0.29) is 11.5 Å². The minimum atomic E-state index is -2.83. The van der Waals surface area contributed by atoms with E-state index in [1.54, 1.807) is 6.92 Å². The van der Waals surface area contributed by atoms with Crippen LogP contribution in [0.3, 0.4) is 0 Å². The zero-order valence-electron chi connectivity index (χ0n) is 9.48. The topological polar surface area (TPSA) is 63.4 Å². The molecule has 15 heavy (non-hydrogen) atoms. The zero-order valence-corrected chi connectivity index (χ0v) is 10.3. The van der Waals surface area contributed by atoms with Crippen molar-refractivity contribution in [2.24, 2.45) is 5.73 Å². The zero-order chi connectivity index (χ0) is 11.3. The summed E-state index contributed by atoms with van der Waals surface area (Å²) in [5.74, 6) is 0.522. The lowest BCUT2D eigenvalue weighted by Gasteiger charge is -2.37. The number of hydrogen-bond donors (Lipinski definition) is 1. The van der Waals surface area contributed by atoms with Gasteiger partial charge in [0.15, 0.2) is 9.84 Å². The highest BCUT2D eigenvalue weighted by Gasteiger charge is 2.25. The van der Waals surface area contributed by atoms with Gasteiger partial charge in [0, 0.05) is 31.4 Å². The molecule has 0 bridgehead atoms. The Labute approximate surface area is 92.7 Å². The number of hydrogen-bond acceptors (Lipinski definition) is 4. The van der Waals surface area contributed by atoms with Crippen molar-refractivity contribution in [2.45, 2.75) is 32.2 Å². The van der Waals surface area contributed by atoms with Crippen LogP contribution >= 0.6 is 0 Å². The van der Waals surface area contributed by atoms with Crippen LogP contribution < -0.4 is 5.73 Å². The van der Waals surface area contributed by atoms with Crippen molar-refractivity contribution < 1.29 is 8.42 Å². The summed E-state index contributed by atoms with van der Waals surface area (Å²) in [5, 5.41) is 0. The molecule has 1 rings (SSSR count). The minimum Gasteiger partial charge on any atom is -0.329 e. The summed E-state index contributed by atoms with van der Waals surface area (Å²) in [5.41, 5.74) is 5.53. The Kier molecular flexibility index (Phi) is 5.02. The van der Waals surface area contributed by atoms with E-state index in [1.807, 2.05) is 0 Å². The first-order valence-electron chi connectivity index (χ1n) is 5.73. The summed E-state index contributed by atoms with van der Waals surface area (Å²) in [6, 6.07) is 0.584. The Bertz CT molecular complexity index is 273. The third-order valence-electron chi connectivity index (χ3n) is 3.14. The Morgan fingerprint density at radius 2 is 2.00 bits per heavy atom. The van der Waals surface area contributed by atoms with Gasteiger partial charge in [-0.1, -0.05) is 13.3 Å². The SMILES string of the molecule is CCS(=O)(=O)CCN(CCN)C1CCC1. The van der Waals surface area contributed by atoms with Crippen LogP contribution in [0.25, 0.3) is 0 Å². The van der Waals surface area contributed by atoms with Crippen LogP contribution in [0.1, 0.15) is 26.2 Å². The molecule has 0 spiro atoms. The quantitative estimate of drug-likeness (QED) is 0.685. The second-order valence-electron chi connectivity index (χ2n) is 4.15. The molecule has 1 saturated carbocycles. The van der Waals surface area contributed by atoms with E-state index in [0.29, 0.717) is 19.1 Å². The summed E-state index contributed by atoms with van der Waals surface area (Å²) in [7, 11) is -2.83. The summed E-state index contributed by atoms with van der Waals surface area (Å²) < 4.78 is 22.8. The fourth-order valence-corrected chi connectivity index (χ4v) is 2.60. The minimum absolute atomic E-state index is 0.244. The van der Waals surface area contributed by atoms with Crippen LogP contribution in [-0.4, -0.2) is 50.5 Å². The lowest BCUT2D eigenvalue weighted by Crippen LogP contribution is -2.45. The van der Waals surface area contributed by atoms with Gasteiger partial charge in [0.2, 0.25) is 0 Å². The van der Waals surface area contributed by atoms with Crippen molar-refractivity contribution in [3.8, 4) is 0 Å². The van der Waals surface area contributed by atoms with E-state index in [0.717, 1.165) is 6.54 Å². The molecule has 0 saturated heterocycles. The lowest BCUT2D eigenvalue weighted by molar-refractivity contribution is 0.139. The predicted octanol–water partition coefficient (Wildman–Crippen LogP) is 0.234. The molecule has 90 valence electrons. The fraction of sp³-hybridized carbons (Fsp3) is 1.00. The van der Waals surface area contributed by atoms with Gasteiger partial charge >= 0.3 is 0 Å². The normalized spacial score (nSPS) is 18.1. The third-order valence-corrected chi connectivity index (χ3v) is 4.82. The van der Waals surface area contributed by atoms with Gasteiger partial charge in [-0.15, -0.1) is 0 Å². The van der Waals surface area contributed by atoms with Crippen molar-refractivity contribution in [1.82, 2.24) is 4.90 Å². The van der Waals surface area contributed by atoms with E-state index in [1.165, 1.54) is 19.3 Å². The molecule has 1 aliphatic rings. The maximum absolute atomic E-state index is 11.4. The van der Waals surface area contributed by atoms with E-state index in [9.17, 15) is 8.42 Å².